The number of nitrogens with one attached hydrogen (secondary N) is 2. The summed E-state index contributed by atoms with van der Waals surface area (Å²) >= 11 is 0. The van der Waals surface area contributed by atoms with Crippen LogP contribution in [0.5, 0.6) is 0 Å². The van der Waals surface area contributed by atoms with Gasteiger partial charge in [-0.25, -0.2) is 0 Å². The predicted molar refractivity (Wildman–Crippen MR) is 79.9 cm³/mol. The highest BCUT2D eigenvalue weighted by molar-refractivity contribution is 7.90. The van der Waals surface area contributed by atoms with Crippen molar-refractivity contribution in [2.24, 2.45) is 0 Å². The molecule has 0 aromatic carbocycles. The number of rotatable bonds is 5. The number of nitrogens with zero attached hydrogens (tertiary/aromatic N) is 2. The van der Waals surface area contributed by atoms with Crippen molar-refractivity contribution in [3.05, 3.63) is 11.8 Å². The Morgan fingerprint density at radius 2 is 2.00 bits per heavy atom. The lowest BCUT2D eigenvalue weighted by molar-refractivity contribution is 0.287. The maximum absolute atomic E-state index is 12.3. The summed E-state index contributed by atoms with van der Waals surface area (Å²) in [4.78, 5) is 0. The van der Waals surface area contributed by atoms with E-state index in [1.54, 1.807) is 13.1 Å². The van der Waals surface area contributed by atoms with Crippen LogP contribution < -0.4 is 4.72 Å². The molecule has 114 valence electrons. The summed E-state index contributed by atoms with van der Waals surface area (Å²) in [5.74, 6) is 0.646. The standard InChI is InChI=1S/C13H24N4O2S/c1-10(2)12-9-13(15-14-12)16-20(18,19)17(3)11-7-5-4-6-8-11/h9-11H,4-8H2,1-3H3,(H2,14,15,16). The molecule has 1 saturated carbocycles. The summed E-state index contributed by atoms with van der Waals surface area (Å²) in [5, 5.41) is 6.86. The second kappa shape index (κ2) is 6.13. The second-order valence-corrected chi connectivity index (χ2v) is 7.51. The Morgan fingerprint density at radius 3 is 2.55 bits per heavy atom. The Balaban J connectivity index is 2.05. The second-order valence-electron chi connectivity index (χ2n) is 5.78. The molecule has 0 aliphatic heterocycles. The van der Waals surface area contributed by atoms with Gasteiger partial charge in [0.1, 0.15) is 0 Å². The Hall–Kier alpha value is -1.08. The molecule has 7 heteroatoms. The number of anilines is 1. The van der Waals surface area contributed by atoms with E-state index < -0.39 is 10.2 Å². The van der Waals surface area contributed by atoms with Crippen LogP contribution in [0.4, 0.5) is 5.82 Å². The van der Waals surface area contributed by atoms with E-state index in [4.69, 9.17) is 0 Å². The minimum atomic E-state index is -3.52. The lowest BCUT2D eigenvalue weighted by atomic mass is 9.96. The highest BCUT2D eigenvalue weighted by Crippen LogP contribution is 2.24. The smallest absolute Gasteiger partial charge is 0.280 e. The van der Waals surface area contributed by atoms with Crippen molar-refractivity contribution in [2.45, 2.75) is 57.9 Å². The van der Waals surface area contributed by atoms with Gasteiger partial charge in [0.25, 0.3) is 0 Å². The van der Waals surface area contributed by atoms with Gasteiger partial charge in [-0.05, 0) is 18.8 Å². The number of H-pyrrole nitrogens is 1. The molecule has 1 heterocycles. The zero-order chi connectivity index (χ0) is 14.8. The summed E-state index contributed by atoms with van der Waals surface area (Å²) in [7, 11) is -1.88. The van der Waals surface area contributed by atoms with Gasteiger partial charge < -0.3 is 0 Å². The topological polar surface area (TPSA) is 78.1 Å². The van der Waals surface area contributed by atoms with E-state index in [1.807, 2.05) is 13.8 Å². The normalized spacial score (nSPS) is 17.9. The van der Waals surface area contributed by atoms with Gasteiger partial charge >= 0.3 is 10.2 Å². The molecule has 0 unspecified atom stereocenters. The molecule has 0 atom stereocenters. The molecule has 0 amide bonds. The van der Waals surface area contributed by atoms with Gasteiger partial charge in [0.05, 0.1) is 0 Å². The summed E-state index contributed by atoms with van der Waals surface area (Å²) in [6, 6.07) is 1.85. The Labute approximate surface area is 121 Å². The molecule has 1 aromatic rings. The fourth-order valence-corrected chi connectivity index (χ4v) is 3.65. The molecular weight excluding hydrogens is 276 g/mol. The lowest BCUT2D eigenvalue weighted by Gasteiger charge is -2.30. The number of aromatic nitrogens is 2. The van der Waals surface area contributed by atoms with E-state index in [2.05, 4.69) is 14.9 Å². The molecule has 1 fully saturated rings. The van der Waals surface area contributed by atoms with Crippen LogP contribution >= 0.6 is 0 Å². The van der Waals surface area contributed by atoms with Crippen LogP contribution in [0.25, 0.3) is 0 Å². The molecule has 1 aliphatic carbocycles. The quantitative estimate of drug-likeness (QED) is 0.876. The summed E-state index contributed by atoms with van der Waals surface area (Å²) < 4.78 is 28.7. The zero-order valence-corrected chi connectivity index (χ0v) is 13.2. The maximum Gasteiger partial charge on any atom is 0.302 e. The van der Waals surface area contributed by atoms with E-state index in [-0.39, 0.29) is 12.0 Å². The van der Waals surface area contributed by atoms with Gasteiger partial charge in [-0.2, -0.15) is 17.8 Å². The fourth-order valence-electron chi connectivity index (χ4n) is 2.53. The van der Waals surface area contributed by atoms with Crippen LogP contribution in [0.1, 0.15) is 57.6 Å². The number of aromatic amines is 1. The molecule has 6 nitrogen and oxygen atoms in total. The highest BCUT2D eigenvalue weighted by Gasteiger charge is 2.28. The van der Waals surface area contributed by atoms with Crippen LogP contribution in [0.2, 0.25) is 0 Å². The molecule has 0 saturated heterocycles. The zero-order valence-electron chi connectivity index (χ0n) is 12.4. The molecule has 0 radical (unpaired) electrons. The van der Waals surface area contributed by atoms with Gasteiger partial charge in [-0.15, -0.1) is 0 Å². The van der Waals surface area contributed by atoms with Gasteiger partial charge in [0.15, 0.2) is 5.82 Å². The van der Waals surface area contributed by atoms with Gasteiger partial charge in [0.2, 0.25) is 0 Å². The lowest BCUT2D eigenvalue weighted by Crippen LogP contribution is -2.41. The van der Waals surface area contributed by atoms with Gasteiger partial charge in [-0.1, -0.05) is 33.1 Å². The Morgan fingerprint density at radius 1 is 1.35 bits per heavy atom. The van der Waals surface area contributed by atoms with Crippen molar-refractivity contribution in [1.82, 2.24) is 14.5 Å². The van der Waals surface area contributed by atoms with Crippen LogP contribution in [0, 0.1) is 0 Å². The first-order chi connectivity index (χ1) is 9.40. The largest absolute Gasteiger partial charge is 0.302 e. The average Bonchev–Trinajstić information content (AvgIpc) is 2.87. The minimum absolute atomic E-state index is 0.102. The molecule has 1 aliphatic rings. The van der Waals surface area contributed by atoms with Gasteiger partial charge in [0, 0.05) is 24.8 Å². The van der Waals surface area contributed by atoms with Crippen LogP contribution in [0.3, 0.4) is 0 Å². The summed E-state index contributed by atoms with van der Waals surface area (Å²) in [5.41, 5.74) is 0.919. The van der Waals surface area contributed by atoms with Gasteiger partial charge in [-0.3, -0.25) is 9.82 Å². The molecule has 0 spiro atoms. The van der Waals surface area contributed by atoms with E-state index in [1.165, 1.54) is 10.7 Å². The van der Waals surface area contributed by atoms with Crippen LogP contribution in [-0.2, 0) is 10.2 Å². The minimum Gasteiger partial charge on any atom is -0.280 e. The molecule has 2 N–H and O–H groups in total. The number of hydrogen-bond acceptors (Lipinski definition) is 3. The summed E-state index contributed by atoms with van der Waals surface area (Å²) in [6.45, 7) is 4.06. The molecule has 0 bridgehead atoms. The van der Waals surface area contributed by atoms with Crippen molar-refractivity contribution in [2.75, 3.05) is 11.8 Å². The highest BCUT2D eigenvalue weighted by atomic mass is 32.2. The average molecular weight is 300 g/mol. The number of hydrogen-bond donors (Lipinski definition) is 2. The van der Waals surface area contributed by atoms with Crippen molar-refractivity contribution in [3.8, 4) is 0 Å². The first kappa shape index (κ1) is 15.3. The monoisotopic (exact) mass is 300 g/mol. The van der Waals surface area contributed by atoms with E-state index in [0.29, 0.717) is 5.82 Å². The predicted octanol–water partition coefficient (Wildman–Crippen LogP) is 2.45. The molecular formula is C13H24N4O2S. The third-order valence-electron chi connectivity index (χ3n) is 3.92. The third kappa shape index (κ3) is 3.52. The van der Waals surface area contributed by atoms with Crippen LogP contribution in [0.15, 0.2) is 6.07 Å². The first-order valence-corrected chi connectivity index (χ1v) is 8.65. The molecule has 1 aromatic heterocycles. The van der Waals surface area contributed by atoms with Crippen molar-refractivity contribution < 1.29 is 8.42 Å². The van der Waals surface area contributed by atoms with Crippen molar-refractivity contribution in [1.29, 1.82) is 0 Å². The molecule has 20 heavy (non-hydrogen) atoms. The maximum atomic E-state index is 12.3. The Bertz CT molecular complexity index is 532. The third-order valence-corrected chi connectivity index (χ3v) is 5.44. The van der Waals surface area contributed by atoms with Crippen LogP contribution in [-0.4, -0.2) is 36.0 Å². The fraction of sp³-hybridized carbons (Fsp3) is 0.769. The molecule has 2 rings (SSSR count). The first-order valence-electron chi connectivity index (χ1n) is 7.21. The van der Waals surface area contributed by atoms with E-state index in [9.17, 15) is 8.42 Å². The van der Waals surface area contributed by atoms with E-state index in [0.717, 1.165) is 31.4 Å². The van der Waals surface area contributed by atoms with Crippen molar-refractivity contribution in [3.63, 3.8) is 0 Å². The summed E-state index contributed by atoms with van der Waals surface area (Å²) in [6.07, 6.45) is 5.29. The Kier molecular flexibility index (Phi) is 4.70. The SMILES string of the molecule is CC(C)c1cc(NS(=O)(=O)N(C)C2CCCCC2)n[nH]1. The van der Waals surface area contributed by atoms with E-state index >= 15 is 0 Å². The van der Waals surface area contributed by atoms with Crippen molar-refractivity contribution >= 4 is 16.0 Å².